The number of rotatable bonds is 47. The predicted octanol–water partition coefficient (Wildman–Crippen LogP) is 12.5. The topological polar surface area (TPSA) is 178 Å². The van der Waals surface area contributed by atoms with Gasteiger partial charge in [0, 0.05) is 13.0 Å². The fourth-order valence-corrected chi connectivity index (χ4v) is 8.72. The number of ether oxygens (including phenoxy) is 4. The van der Waals surface area contributed by atoms with Crippen LogP contribution in [0.3, 0.4) is 0 Å². The zero-order valence-corrected chi connectivity index (χ0v) is 42.6. The molecular weight excluding hydrogens is 861 g/mol. The normalized spacial score (nSPS) is 19.8. The van der Waals surface area contributed by atoms with Crippen molar-refractivity contribution in [2.24, 2.45) is 0 Å². The van der Waals surface area contributed by atoms with Crippen LogP contribution < -0.4 is 0 Å². The van der Waals surface area contributed by atoms with Crippen LogP contribution in [-0.4, -0.2) is 97.5 Å². The minimum Gasteiger partial charge on any atom is -0.457 e. The number of carbonyl (C=O) groups is 1. The zero-order valence-electron chi connectivity index (χ0n) is 41.8. The molecule has 0 spiro atoms. The van der Waals surface area contributed by atoms with Crippen molar-refractivity contribution in [1.82, 2.24) is 0 Å². The third-order valence-corrected chi connectivity index (χ3v) is 12.7. The highest BCUT2D eigenvalue weighted by Gasteiger charge is 2.48. The quantitative estimate of drug-likeness (QED) is 0.0197. The molecule has 6 atom stereocenters. The molecule has 1 heterocycles. The molecule has 0 bridgehead atoms. The van der Waals surface area contributed by atoms with Crippen molar-refractivity contribution in [3.8, 4) is 0 Å². The van der Waals surface area contributed by atoms with E-state index in [9.17, 15) is 33.1 Å². The molecule has 0 aromatic carbocycles. The lowest BCUT2D eigenvalue weighted by atomic mass is 9.99. The Bertz CT molecular complexity index is 1290. The number of unbranched alkanes of at least 4 members (excludes halogenated alkanes) is 28. The molecule has 388 valence electrons. The summed E-state index contributed by atoms with van der Waals surface area (Å²) < 4.78 is 59.3. The highest BCUT2D eigenvalue weighted by Crippen LogP contribution is 2.26. The van der Waals surface area contributed by atoms with Gasteiger partial charge in [-0.3, -0.25) is 9.35 Å². The van der Waals surface area contributed by atoms with Gasteiger partial charge in [-0.05, 0) is 51.4 Å². The van der Waals surface area contributed by atoms with Crippen molar-refractivity contribution < 1.29 is 56.2 Å². The second-order valence-corrected chi connectivity index (χ2v) is 19.5. The van der Waals surface area contributed by atoms with Crippen LogP contribution in [-0.2, 0) is 38.3 Å². The van der Waals surface area contributed by atoms with Gasteiger partial charge in [-0.2, -0.15) is 8.42 Å². The third-order valence-electron chi connectivity index (χ3n) is 12.3. The molecule has 1 rings (SSSR count). The molecule has 0 aromatic heterocycles. The van der Waals surface area contributed by atoms with Crippen molar-refractivity contribution in [2.45, 2.75) is 269 Å². The van der Waals surface area contributed by atoms with Crippen molar-refractivity contribution in [1.29, 1.82) is 0 Å². The summed E-state index contributed by atoms with van der Waals surface area (Å²) in [5, 5.41) is 30.8. The molecule has 1 aliphatic heterocycles. The maximum absolute atomic E-state index is 12.9. The van der Waals surface area contributed by atoms with Crippen LogP contribution in [0.15, 0.2) is 36.5 Å². The summed E-state index contributed by atoms with van der Waals surface area (Å²) in [6.07, 6.45) is 44.6. The number of esters is 1. The van der Waals surface area contributed by atoms with Gasteiger partial charge in [0.1, 0.15) is 30.5 Å². The summed E-state index contributed by atoms with van der Waals surface area (Å²) >= 11 is 0. The van der Waals surface area contributed by atoms with Crippen molar-refractivity contribution >= 4 is 16.4 Å². The summed E-state index contributed by atoms with van der Waals surface area (Å²) in [5.74, 6) is -0.398. The van der Waals surface area contributed by atoms with E-state index in [1.807, 2.05) is 0 Å². The Hall–Kier alpha value is -1.68. The molecule has 12 nitrogen and oxygen atoms in total. The first-order valence-electron chi connectivity index (χ1n) is 26.7. The first-order valence-corrected chi connectivity index (χ1v) is 28.1. The van der Waals surface area contributed by atoms with Crippen molar-refractivity contribution in [3.63, 3.8) is 0 Å². The molecule has 0 saturated carbocycles. The monoisotopic (exact) mass is 959 g/mol. The first-order chi connectivity index (χ1) is 32.1. The standard InChI is InChI=1S/C53H98O12S/c1-3-5-7-9-11-13-15-17-19-20-21-22-23-24-25-26-27-29-31-33-35-37-39-41-43-61-45-47(46-62-53-51(57)52(65-66(58,59)60)50(56)48(44-54)64-53)63-49(55)42-40-38-36-34-32-30-28-18-16-14-12-10-8-6-4-2/h15,17,20-21,23-24,47-48,50-54,56-57H,3-14,16,18-19,22,25-46H2,1-2H3,(H,58,59,60)/b17-15-,21-20-,24-23-. The maximum atomic E-state index is 12.9. The molecule has 1 fully saturated rings. The van der Waals surface area contributed by atoms with E-state index in [4.69, 9.17) is 18.9 Å². The van der Waals surface area contributed by atoms with Gasteiger partial charge in [-0.1, -0.05) is 211 Å². The number of aliphatic hydroxyl groups is 3. The van der Waals surface area contributed by atoms with Gasteiger partial charge in [-0.15, -0.1) is 0 Å². The molecule has 0 aliphatic carbocycles. The first kappa shape index (κ1) is 62.3. The molecule has 0 aromatic rings. The lowest BCUT2D eigenvalue weighted by Crippen LogP contribution is -2.60. The molecule has 0 amide bonds. The van der Waals surface area contributed by atoms with Gasteiger partial charge in [0.25, 0.3) is 0 Å². The lowest BCUT2D eigenvalue weighted by Gasteiger charge is -2.41. The number of allylic oxidation sites excluding steroid dienone is 6. The molecule has 0 radical (unpaired) electrons. The van der Waals surface area contributed by atoms with E-state index >= 15 is 0 Å². The van der Waals surface area contributed by atoms with E-state index in [0.29, 0.717) is 13.0 Å². The second kappa shape index (κ2) is 44.5. The zero-order chi connectivity index (χ0) is 48.2. The lowest BCUT2D eigenvalue weighted by molar-refractivity contribution is -0.301. The van der Waals surface area contributed by atoms with E-state index in [-0.39, 0.29) is 19.6 Å². The summed E-state index contributed by atoms with van der Waals surface area (Å²) in [4.78, 5) is 12.9. The molecule has 4 N–H and O–H groups in total. The molecule has 1 aliphatic rings. The summed E-state index contributed by atoms with van der Waals surface area (Å²) in [6, 6.07) is 0. The number of aliphatic hydroxyl groups excluding tert-OH is 3. The Morgan fingerprint density at radius 1 is 0.576 bits per heavy atom. The predicted molar refractivity (Wildman–Crippen MR) is 267 cm³/mol. The number of carbonyl (C=O) groups excluding carboxylic acids is 1. The fourth-order valence-electron chi connectivity index (χ4n) is 8.21. The molecule has 1 saturated heterocycles. The molecule has 66 heavy (non-hydrogen) atoms. The Labute approximate surface area is 403 Å². The highest BCUT2D eigenvalue weighted by molar-refractivity contribution is 7.80. The Morgan fingerprint density at radius 3 is 1.45 bits per heavy atom. The van der Waals surface area contributed by atoms with Crippen molar-refractivity contribution in [2.75, 3.05) is 26.4 Å². The third kappa shape index (κ3) is 37.2. The highest BCUT2D eigenvalue weighted by atomic mass is 32.3. The SMILES string of the molecule is CCCCCCC/C=C\C/C=C\C/C=C\CCCCCCCCCCCOCC(COC1OC(CO)C(O)C(OS(=O)(=O)O)C1O)OC(=O)CCCCCCCCCCCCCCCCC. The number of hydrogen-bond acceptors (Lipinski definition) is 11. The van der Waals surface area contributed by atoms with Crippen LogP contribution in [0.2, 0.25) is 0 Å². The van der Waals surface area contributed by atoms with Crippen LogP contribution >= 0.6 is 0 Å². The minimum absolute atomic E-state index is 0.0350. The second-order valence-electron chi connectivity index (χ2n) is 18.5. The van der Waals surface area contributed by atoms with Crippen molar-refractivity contribution in [3.05, 3.63) is 36.5 Å². The summed E-state index contributed by atoms with van der Waals surface area (Å²) in [5.41, 5.74) is 0. The van der Waals surface area contributed by atoms with Gasteiger partial charge in [0.05, 0.1) is 19.8 Å². The average molecular weight is 959 g/mol. The van der Waals surface area contributed by atoms with Gasteiger partial charge in [0.2, 0.25) is 0 Å². The van der Waals surface area contributed by atoms with Gasteiger partial charge < -0.3 is 34.3 Å². The van der Waals surface area contributed by atoms with Crippen LogP contribution in [0.1, 0.15) is 232 Å². The Balaban J connectivity index is 2.32. The van der Waals surface area contributed by atoms with Gasteiger partial charge in [-0.25, -0.2) is 4.18 Å². The summed E-state index contributed by atoms with van der Waals surface area (Å²) in [7, 11) is -5.06. The van der Waals surface area contributed by atoms with Gasteiger partial charge >= 0.3 is 16.4 Å². The Morgan fingerprint density at radius 2 is 1.00 bits per heavy atom. The van der Waals surface area contributed by atoms with E-state index in [1.54, 1.807) is 0 Å². The van der Waals surface area contributed by atoms with Crippen LogP contribution in [0.5, 0.6) is 0 Å². The molecule has 6 unspecified atom stereocenters. The van der Waals surface area contributed by atoms with E-state index in [0.717, 1.165) is 57.8 Å². The van der Waals surface area contributed by atoms with E-state index in [2.05, 4.69) is 54.5 Å². The fraction of sp³-hybridized carbons (Fsp3) is 0.868. The average Bonchev–Trinajstić information content (AvgIpc) is 3.29. The van der Waals surface area contributed by atoms with Crippen LogP contribution in [0, 0.1) is 0 Å². The van der Waals surface area contributed by atoms with Crippen LogP contribution in [0.25, 0.3) is 0 Å². The largest absolute Gasteiger partial charge is 0.457 e. The van der Waals surface area contributed by atoms with E-state index in [1.165, 1.54) is 148 Å². The minimum atomic E-state index is -5.06. The smallest absolute Gasteiger partial charge is 0.397 e. The van der Waals surface area contributed by atoms with Gasteiger partial charge in [0.15, 0.2) is 6.29 Å². The van der Waals surface area contributed by atoms with Crippen LogP contribution in [0.4, 0.5) is 0 Å². The van der Waals surface area contributed by atoms with E-state index < -0.39 is 59.8 Å². The molecule has 13 heteroatoms. The number of hydrogen-bond donors (Lipinski definition) is 4. The Kier molecular flexibility index (Phi) is 42.1. The maximum Gasteiger partial charge on any atom is 0.397 e. The summed E-state index contributed by atoms with van der Waals surface area (Å²) in [6.45, 7) is 4.00. The molecular formula is C53H98O12S.